The Balaban J connectivity index is 2.20. The molecule has 3 nitrogen and oxygen atoms in total. The summed E-state index contributed by atoms with van der Waals surface area (Å²) in [6.45, 7) is 5.71. The number of carbonyl (C=O) groups excluding carboxylic acids is 1. The van der Waals surface area contributed by atoms with Gasteiger partial charge in [-0.05, 0) is 32.0 Å². The van der Waals surface area contributed by atoms with Gasteiger partial charge in [0.25, 0.3) is 5.91 Å². The van der Waals surface area contributed by atoms with Crippen LogP contribution in [0.5, 0.6) is 0 Å². The molecule has 1 aliphatic rings. The van der Waals surface area contributed by atoms with E-state index in [1.54, 1.807) is 17.0 Å². The van der Waals surface area contributed by atoms with E-state index in [9.17, 15) is 4.79 Å². The maximum Gasteiger partial charge on any atom is 0.255 e. The van der Waals surface area contributed by atoms with Crippen LogP contribution < -0.4 is 0 Å². The van der Waals surface area contributed by atoms with Crippen LogP contribution >= 0.6 is 27.5 Å². The van der Waals surface area contributed by atoms with Crippen molar-refractivity contribution in [1.29, 1.82) is 0 Å². The van der Waals surface area contributed by atoms with E-state index in [-0.39, 0.29) is 11.5 Å². The lowest BCUT2D eigenvalue weighted by molar-refractivity contribution is -0.0764. The van der Waals surface area contributed by atoms with E-state index in [0.717, 1.165) is 4.47 Å². The molecular formula is C13H15BrClNO2. The fourth-order valence-corrected chi connectivity index (χ4v) is 2.78. The van der Waals surface area contributed by atoms with Crippen molar-refractivity contribution in [3.05, 3.63) is 33.3 Å². The summed E-state index contributed by atoms with van der Waals surface area (Å²) in [6.07, 6.45) is 0. The van der Waals surface area contributed by atoms with Crippen LogP contribution in [-0.4, -0.2) is 36.1 Å². The smallest absolute Gasteiger partial charge is 0.255 e. The summed E-state index contributed by atoms with van der Waals surface area (Å²) < 4.78 is 6.46. The van der Waals surface area contributed by atoms with E-state index < -0.39 is 0 Å². The average Bonchev–Trinajstić information content (AvgIpc) is 2.27. The lowest BCUT2D eigenvalue weighted by Gasteiger charge is -2.38. The number of hydrogen-bond acceptors (Lipinski definition) is 2. The first-order chi connectivity index (χ1) is 8.39. The normalized spacial score (nSPS) is 18.8. The third kappa shape index (κ3) is 3.05. The van der Waals surface area contributed by atoms with E-state index in [4.69, 9.17) is 16.3 Å². The molecule has 0 aliphatic carbocycles. The van der Waals surface area contributed by atoms with Gasteiger partial charge in [0, 0.05) is 17.6 Å². The molecular weight excluding hydrogens is 318 g/mol. The molecule has 0 atom stereocenters. The molecule has 1 amide bonds. The maximum absolute atomic E-state index is 12.4. The Hall–Kier alpha value is -0.580. The summed E-state index contributed by atoms with van der Waals surface area (Å²) >= 11 is 9.44. The lowest BCUT2D eigenvalue weighted by Crippen LogP contribution is -2.50. The van der Waals surface area contributed by atoms with Gasteiger partial charge in [-0.1, -0.05) is 27.5 Å². The number of halogens is 2. The minimum atomic E-state index is -0.296. The number of nitrogens with zero attached hydrogens (tertiary/aromatic N) is 1. The molecule has 1 heterocycles. The van der Waals surface area contributed by atoms with Gasteiger partial charge in [0.1, 0.15) is 0 Å². The zero-order valence-corrected chi connectivity index (χ0v) is 12.7. The molecule has 0 unspecified atom stereocenters. The highest BCUT2D eigenvalue weighted by atomic mass is 79.9. The number of rotatable bonds is 1. The standard InChI is InChI=1S/C13H15BrClNO2/c1-13(2)8-16(5-6-18-13)12(17)10-4-3-9(14)7-11(10)15/h3-4,7H,5-6,8H2,1-2H3. The van der Waals surface area contributed by atoms with E-state index in [1.807, 2.05) is 19.9 Å². The Morgan fingerprint density at radius 3 is 2.83 bits per heavy atom. The van der Waals surface area contributed by atoms with Gasteiger partial charge in [0.05, 0.1) is 22.8 Å². The minimum absolute atomic E-state index is 0.0381. The Labute approximate surface area is 120 Å². The van der Waals surface area contributed by atoms with Crippen molar-refractivity contribution in [3.8, 4) is 0 Å². The minimum Gasteiger partial charge on any atom is -0.372 e. The van der Waals surface area contributed by atoms with E-state index >= 15 is 0 Å². The highest BCUT2D eigenvalue weighted by Gasteiger charge is 2.31. The zero-order chi connectivity index (χ0) is 13.3. The molecule has 0 bridgehead atoms. The Morgan fingerprint density at radius 2 is 2.22 bits per heavy atom. The van der Waals surface area contributed by atoms with Crippen molar-refractivity contribution in [2.45, 2.75) is 19.4 Å². The molecule has 1 aromatic rings. The molecule has 0 radical (unpaired) electrons. The van der Waals surface area contributed by atoms with Crippen LogP contribution in [0.25, 0.3) is 0 Å². The van der Waals surface area contributed by atoms with Crippen molar-refractivity contribution in [1.82, 2.24) is 4.90 Å². The van der Waals surface area contributed by atoms with Gasteiger partial charge in [-0.2, -0.15) is 0 Å². The monoisotopic (exact) mass is 331 g/mol. The summed E-state index contributed by atoms with van der Waals surface area (Å²) in [5.41, 5.74) is 0.244. The highest BCUT2D eigenvalue weighted by molar-refractivity contribution is 9.10. The fourth-order valence-electron chi connectivity index (χ4n) is 2.02. The molecule has 1 fully saturated rings. The number of amides is 1. The topological polar surface area (TPSA) is 29.5 Å². The van der Waals surface area contributed by atoms with Crippen LogP contribution in [0.1, 0.15) is 24.2 Å². The van der Waals surface area contributed by atoms with Gasteiger partial charge >= 0.3 is 0 Å². The molecule has 0 spiro atoms. The van der Waals surface area contributed by atoms with Crippen molar-refractivity contribution in [2.24, 2.45) is 0 Å². The molecule has 98 valence electrons. The molecule has 0 saturated carbocycles. The molecule has 2 rings (SSSR count). The quantitative estimate of drug-likeness (QED) is 0.789. The van der Waals surface area contributed by atoms with E-state index in [1.165, 1.54) is 0 Å². The summed E-state index contributed by atoms with van der Waals surface area (Å²) in [5, 5.41) is 0.471. The third-order valence-electron chi connectivity index (χ3n) is 2.87. The van der Waals surface area contributed by atoms with Crippen LogP contribution in [-0.2, 0) is 4.74 Å². The Bertz CT molecular complexity index is 476. The van der Waals surface area contributed by atoms with Crippen LogP contribution in [0, 0.1) is 0 Å². The van der Waals surface area contributed by atoms with Crippen LogP contribution in [0.3, 0.4) is 0 Å². The maximum atomic E-state index is 12.4. The number of benzene rings is 1. The fraction of sp³-hybridized carbons (Fsp3) is 0.462. The van der Waals surface area contributed by atoms with Crippen LogP contribution in [0.4, 0.5) is 0 Å². The van der Waals surface area contributed by atoms with Gasteiger partial charge in [-0.25, -0.2) is 0 Å². The van der Waals surface area contributed by atoms with Crippen molar-refractivity contribution in [3.63, 3.8) is 0 Å². The summed E-state index contributed by atoms with van der Waals surface area (Å²) in [4.78, 5) is 14.2. The number of carbonyl (C=O) groups is 1. The van der Waals surface area contributed by atoms with Crippen LogP contribution in [0.2, 0.25) is 5.02 Å². The second-order valence-corrected chi connectivity index (χ2v) is 6.28. The van der Waals surface area contributed by atoms with Gasteiger partial charge in [-0.3, -0.25) is 4.79 Å². The number of morpholine rings is 1. The molecule has 1 aromatic carbocycles. The van der Waals surface area contributed by atoms with Crippen molar-refractivity contribution in [2.75, 3.05) is 19.7 Å². The van der Waals surface area contributed by atoms with Gasteiger partial charge in [0.2, 0.25) is 0 Å². The lowest BCUT2D eigenvalue weighted by atomic mass is 10.1. The number of hydrogen-bond donors (Lipinski definition) is 0. The first-order valence-corrected chi connectivity index (χ1v) is 6.94. The molecule has 5 heteroatoms. The third-order valence-corrected chi connectivity index (χ3v) is 3.68. The highest BCUT2D eigenvalue weighted by Crippen LogP contribution is 2.24. The zero-order valence-electron chi connectivity index (χ0n) is 10.4. The largest absolute Gasteiger partial charge is 0.372 e. The van der Waals surface area contributed by atoms with Crippen molar-refractivity contribution >= 4 is 33.4 Å². The SMILES string of the molecule is CC1(C)CN(C(=O)c2ccc(Br)cc2Cl)CCO1. The second-order valence-electron chi connectivity index (χ2n) is 4.96. The van der Waals surface area contributed by atoms with E-state index in [0.29, 0.717) is 30.3 Å². The molecule has 18 heavy (non-hydrogen) atoms. The Kier molecular flexibility index (Phi) is 3.99. The molecule has 1 aliphatic heterocycles. The predicted molar refractivity (Wildman–Crippen MR) is 75.1 cm³/mol. The predicted octanol–water partition coefficient (Wildman–Crippen LogP) is 3.35. The second kappa shape index (κ2) is 5.19. The van der Waals surface area contributed by atoms with Gasteiger partial charge < -0.3 is 9.64 Å². The molecule has 0 aromatic heterocycles. The van der Waals surface area contributed by atoms with Crippen LogP contribution in [0.15, 0.2) is 22.7 Å². The summed E-state index contributed by atoms with van der Waals surface area (Å²) in [7, 11) is 0. The first-order valence-electron chi connectivity index (χ1n) is 5.77. The van der Waals surface area contributed by atoms with Gasteiger partial charge in [-0.15, -0.1) is 0 Å². The molecule has 1 saturated heterocycles. The average molecular weight is 333 g/mol. The Morgan fingerprint density at radius 1 is 1.50 bits per heavy atom. The van der Waals surface area contributed by atoms with E-state index in [2.05, 4.69) is 15.9 Å². The van der Waals surface area contributed by atoms with Crippen molar-refractivity contribution < 1.29 is 9.53 Å². The van der Waals surface area contributed by atoms with Gasteiger partial charge in [0.15, 0.2) is 0 Å². The molecule has 0 N–H and O–H groups in total. The number of ether oxygens (including phenoxy) is 1. The summed E-state index contributed by atoms with van der Waals surface area (Å²) in [5.74, 6) is -0.0381. The summed E-state index contributed by atoms with van der Waals surface area (Å²) in [6, 6.07) is 5.31. The first kappa shape index (κ1) is 13.8.